The van der Waals surface area contributed by atoms with Crippen molar-refractivity contribution in [2.75, 3.05) is 44.3 Å². The Balaban J connectivity index is 1.40. The highest BCUT2D eigenvalue weighted by atomic mass is 28.3. The molecule has 0 bridgehead atoms. The molecule has 1 N–H and O–H groups in total. The van der Waals surface area contributed by atoms with Crippen molar-refractivity contribution in [3.05, 3.63) is 47.7 Å². The van der Waals surface area contributed by atoms with Crippen LogP contribution in [0.5, 0.6) is 11.8 Å². The number of anilines is 1. The Morgan fingerprint density at radius 2 is 1.81 bits per heavy atom. The van der Waals surface area contributed by atoms with Gasteiger partial charge >= 0.3 is 6.01 Å². The molecule has 3 atom stereocenters. The molecule has 2 aromatic carbocycles. The number of alkyl halides is 1. The first-order valence-electron chi connectivity index (χ1n) is 19.5. The van der Waals surface area contributed by atoms with Crippen molar-refractivity contribution in [1.82, 2.24) is 19.9 Å². The van der Waals surface area contributed by atoms with Gasteiger partial charge in [-0.3, -0.25) is 9.88 Å². The van der Waals surface area contributed by atoms with Gasteiger partial charge in [-0.15, -0.1) is 5.54 Å². The molecule has 3 saturated heterocycles. The highest BCUT2D eigenvalue weighted by Crippen LogP contribution is 2.43. The Bertz CT molecular complexity index is 2100. The van der Waals surface area contributed by atoms with E-state index in [2.05, 4.69) is 67.9 Å². The van der Waals surface area contributed by atoms with Crippen molar-refractivity contribution in [3.63, 3.8) is 0 Å². The molecular formula is C42H52F3N5O3Si. The summed E-state index contributed by atoms with van der Waals surface area (Å²) in [6.07, 6.45) is 3.54. The Hall–Kier alpha value is -3.92. The molecule has 3 aliphatic heterocycles. The number of benzene rings is 2. The SMILES string of the molecule is CC1CCN(c2nc(OC[C@@]34CCCN3C[C@H](F)C4)nc3c(F)c(-c4cc(O)cc5ccc(F)c(C#C[Si](C(C)C)(C(C)C)C(C)C)c45)ncc23)CCO1. The van der Waals surface area contributed by atoms with Gasteiger partial charge in [-0.05, 0) is 72.9 Å². The Morgan fingerprint density at radius 1 is 1.06 bits per heavy atom. The monoisotopic (exact) mass is 759 g/mol. The van der Waals surface area contributed by atoms with Gasteiger partial charge in [-0.1, -0.05) is 53.5 Å². The molecule has 0 aliphatic carbocycles. The fraction of sp³-hybridized carbons (Fsp3) is 0.548. The number of halogens is 3. The first-order chi connectivity index (χ1) is 25.7. The number of aromatic hydroxyl groups is 1. The minimum atomic E-state index is -2.28. The fourth-order valence-electron chi connectivity index (χ4n) is 9.61. The van der Waals surface area contributed by atoms with Gasteiger partial charge in [-0.2, -0.15) is 9.97 Å². The summed E-state index contributed by atoms with van der Waals surface area (Å²) >= 11 is 0. The summed E-state index contributed by atoms with van der Waals surface area (Å²) in [6.45, 7) is 18.2. The lowest BCUT2D eigenvalue weighted by molar-refractivity contribution is 0.0787. The molecule has 12 heteroatoms. The van der Waals surface area contributed by atoms with Crippen LogP contribution >= 0.6 is 0 Å². The van der Waals surface area contributed by atoms with E-state index in [4.69, 9.17) is 14.5 Å². The number of rotatable bonds is 8. The van der Waals surface area contributed by atoms with Gasteiger partial charge < -0.3 is 19.5 Å². The lowest BCUT2D eigenvalue weighted by Crippen LogP contribution is -2.43. The topological polar surface area (TPSA) is 83.8 Å². The van der Waals surface area contributed by atoms with Crippen LogP contribution in [0.25, 0.3) is 32.9 Å². The summed E-state index contributed by atoms with van der Waals surface area (Å²) in [5, 5.41) is 12.2. The normalized spacial score (nSPS) is 22.4. The van der Waals surface area contributed by atoms with E-state index < -0.39 is 31.4 Å². The molecule has 4 aromatic rings. The van der Waals surface area contributed by atoms with E-state index in [1.165, 1.54) is 18.2 Å². The molecule has 7 rings (SSSR count). The zero-order valence-corrected chi connectivity index (χ0v) is 33.5. The van der Waals surface area contributed by atoms with E-state index in [0.717, 1.165) is 25.8 Å². The summed E-state index contributed by atoms with van der Waals surface area (Å²) in [6, 6.07) is 5.85. The number of phenolic OH excluding ortho intramolecular Hbond substituents is 1. The maximum absolute atomic E-state index is 17.3. The van der Waals surface area contributed by atoms with Crippen LogP contribution in [0.15, 0.2) is 30.5 Å². The first kappa shape index (κ1) is 38.4. The van der Waals surface area contributed by atoms with Crippen LogP contribution in [0.1, 0.15) is 79.7 Å². The zero-order chi connectivity index (χ0) is 38.5. The van der Waals surface area contributed by atoms with Crippen molar-refractivity contribution in [2.45, 2.75) is 109 Å². The predicted octanol–water partition coefficient (Wildman–Crippen LogP) is 8.97. The Labute approximate surface area is 317 Å². The smallest absolute Gasteiger partial charge is 0.319 e. The van der Waals surface area contributed by atoms with Crippen LogP contribution in [0.2, 0.25) is 16.6 Å². The fourth-order valence-corrected chi connectivity index (χ4v) is 14.8. The minimum Gasteiger partial charge on any atom is -0.508 e. The molecule has 3 aliphatic rings. The van der Waals surface area contributed by atoms with Gasteiger partial charge in [0.25, 0.3) is 0 Å². The molecule has 0 radical (unpaired) electrons. The average Bonchev–Trinajstić information content (AvgIpc) is 3.55. The molecule has 54 heavy (non-hydrogen) atoms. The van der Waals surface area contributed by atoms with Crippen LogP contribution in [0.3, 0.4) is 0 Å². The number of ether oxygens (including phenoxy) is 2. The van der Waals surface area contributed by atoms with Gasteiger partial charge in [0.15, 0.2) is 5.82 Å². The molecule has 0 saturated carbocycles. The number of hydrogen-bond acceptors (Lipinski definition) is 8. The molecule has 5 heterocycles. The van der Waals surface area contributed by atoms with Gasteiger partial charge in [0, 0.05) is 43.2 Å². The standard InChI is InChI=1S/C42H52F3N5O3Si/c1-25(2)54(26(3)4,27(5)6)18-12-32-35(44)10-9-29-19-31(51)20-33(36(29)32)38-37(45)39-34(22-46-38)40(49-15-11-28(7)52-17-16-49)48-41(47-39)53-24-42-13-8-14-50(42)23-30(43)21-42/h9-10,19-20,22,25-28,30,51H,8,11,13-17,21,23-24H2,1-7H3/t28?,30-,42+/m1/s1. The van der Waals surface area contributed by atoms with E-state index in [9.17, 15) is 9.50 Å². The largest absolute Gasteiger partial charge is 0.508 e. The number of pyridine rings is 1. The second kappa shape index (κ2) is 15.0. The van der Waals surface area contributed by atoms with E-state index in [0.29, 0.717) is 71.3 Å². The molecule has 0 spiro atoms. The quantitative estimate of drug-likeness (QED) is 0.141. The molecule has 2 aromatic heterocycles. The summed E-state index contributed by atoms with van der Waals surface area (Å²) < 4.78 is 60.1. The van der Waals surface area contributed by atoms with Crippen LogP contribution in [0, 0.1) is 23.1 Å². The molecule has 0 amide bonds. The second-order valence-corrected chi connectivity index (χ2v) is 22.1. The third-order valence-corrected chi connectivity index (χ3v) is 18.6. The van der Waals surface area contributed by atoms with Crippen molar-refractivity contribution in [3.8, 4) is 34.5 Å². The minimum absolute atomic E-state index is 0.00832. The molecule has 1 unspecified atom stereocenters. The summed E-state index contributed by atoms with van der Waals surface area (Å²) in [4.78, 5) is 18.3. The van der Waals surface area contributed by atoms with E-state index >= 15 is 8.78 Å². The van der Waals surface area contributed by atoms with E-state index in [-0.39, 0.29) is 46.8 Å². The van der Waals surface area contributed by atoms with Gasteiger partial charge in [0.1, 0.15) is 49.4 Å². The Kier molecular flexibility index (Phi) is 10.6. The van der Waals surface area contributed by atoms with Crippen molar-refractivity contribution >= 4 is 35.6 Å². The van der Waals surface area contributed by atoms with Crippen LogP contribution in [-0.4, -0.2) is 90.2 Å². The van der Waals surface area contributed by atoms with Crippen molar-refractivity contribution in [2.24, 2.45) is 0 Å². The molecular weight excluding hydrogens is 708 g/mol. The predicted molar refractivity (Wildman–Crippen MR) is 211 cm³/mol. The summed E-state index contributed by atoms with van der Waals surface area (Å²) in [5.41, 5.74) is 4.37. The molecule has 8 nitrogen and oxygen atoms in total. The van der Waals surface area contributed by atoms with Crippen LogP contribution in [0.4, 0.5) is 19.0 Å². The molecule has 3 fully saturated rings. The summed E-state index contributed by atoms with van der Waals surface area (Å²) in [7, 11) is -2.28. The summed E-state index contributed by atoms with van der Waals surface area (Å²) in [5.74, 6) is 2.35. The first-order valence-corrected chi connectivity index (χ1v) is 21.7. The van der Waals surface area contributed by atoms with Crippen LogP contribution < -0.4 is 9.64 Å². The van der Waals surface area contributed by atoms with Crippen molar-refractivity contribution in [1.29, 1.82) is 0 Å². The van der Waals surface area contributed by atoms with E-state index in [1.54, 1.807) is 12.3 Å². The Morgan fingerprint density at radius 3 is 2.56 bits per heavy atom. The van der Waals surface area contributed by atoms with Gasteiger partial charge in [0.2, 0.25) is 0 Å². The second-order valence-electron chi connectivity index (χ2n) is 16.5. The highest BCUT2D eigenvalue weighted by Gasteiger charge is 2.49. The van der Waals surface area contributed by atoms with Gasteiger partial charge in [-0.25, -0.2) is 13.2 Å². The number of phenols is 1. The maximum atomic E-state index is 17.3. The third kappa shape index (κ3) is 6.81. The van der Waals surface area contributed by atoms with E-state index in [1.807, 2.05) is 11.8 Å². The molecule has 288 valence electrons. The number of hydrogen-bond donors (Lipinski definition) is 1. The lowest BCUT2D eigenvalue weighted by Gasteiger charge is -2.38. The number of aromatic nitrogens is 3. The van der Waals surface area contributed by atoms with Crippen LogP contribution in [-0.2, 0) is 4.74 Å². The van der Waals surface area contributed by atoms with Crippen molar-refractivity contribution < 1.29 is 27.8 Å². The third-order valence-electron chi connectivity index (χ3n) is 12.3. The lowest BCUT2D eigenvalue weighted by atomic mass is 9.95. The number of fused-ring (bicyclic) bond motifs is 3. The highest BCUT2D eigenvalue weighted by molar-refractivity contribution is 6.90. The zero-order valence-electron chi connectivity index (χ0n) is 32.5. The number of nitrogens with zero attached hydrogens (tertiary/aromatic N) is 5. The van der Waals surface area contributed by atoms with Gasteiger partial charge in [0.05, 0.1) is 29.2 Å². The maximum Gasteiger partial charge on any atom is 0.319 e. The average molecular weight is 760 g/mol.